The van der Waals surface area contributed by atoms with Crippen LogP contribution in [0, 0.1) is 17.0 Å². The predicted molar refractivity (Wildman–Crippen MR) is 77.7 cm³/mol. The molecule has 1 aromatic carbocycles. The van der Waals surface area contributed by atoms with Gasteiger partial charge in [-0.05, 0) is 43.5 Å². The SMILES string of the molecule is COc1cc(CCc2cccc(C)n2)cc([N+](=O)[O-])c1O. The Morgan fingerprint density at radius 2 is 2.10 bits per heavy atom. The van der Waals surface area contributed by atoms with Crippen molar-refractivity contribution < 1.29 is 14.8 Å². The van der Waals surface area contributed by atoms with Crippen LogP contribution in [-0.2, 0) is 12.8 Å². The van der Waals surface area contributed by atoms with Gasteiger partial charge in [-0.1, -0.05) is 6.07 Å². The zero-order chi connectivity index (χ0) is 15.4. The Hall–Kier alpha value is -2.63. The minimum Gasteiger partial charge on any atom is -0.500 e. The molecule has 2 aromatic rings. The number of rotatable bonds is 5. The maximum absolute atomic E-state index is 10.9. The first-order valence-corrected chi connectivity index (χ1v) is 6.48. The number of nitro benzene ring substituents is 1. The number of benzene rings is 1. The van der Waals surface area contributed by atoms with E-state index in [0.29, 0.717) is 12.8 Å². The van der Waals surface area contributed by atoms with E-state index in [4.69, 9.17) is 4.74 Å². The maximum Gasteiger partial charge on any atom is 0.314 e. The molecule has 0 spiro atoms. The number of pyridine rings is 1. The summed E-state index contributed by atoms with van der Waals surface area (Å²) in [6, 6.07) is 8.74. The summed E-state index contributed by atoms with van der Waals surface area (Å²) in [5, 5.41) is 20.7. The van der Waals surface area contributed by atoms with E-state index in [-0.39, 0.29) is 11.4 Å². The summed E-state index contributed by atoms with van der Waals surface area (Å²) < 4.78 is 4.98. The van der Waals surface area contributed by atoms with Gasteiger partial charge in [0.15, 0.2) is 5.75 Å². The van der Waals surface area contributed by atoms with Crippen LogP contribution >= 0.6 is 0 Å². The number of hydrogen-bond acceptors (Lipinski definition) is 5. The van der Waals surface area contributed by atoms with Gasteiger partial charge in [-0.2, -0.15) is 0 Å². The molecule has 0 amide bonds. The minimum atomic E-state index is -0.619. The molecule has 0 aliphatic heterocycles. The summed E-state index contributed by atoms with van der Waals surface area (Å²) in [4.78, 5) is 14.7. The molecule has 0 aliphatic carbocycles. The molecule has 6 heteroatoms. The fourth-order valence-electron chi connectivity index (χ4n) is 2.10. The van der Waals surface area contributed by atoms with Crippen LogP contribution in [0.25, 0.3) is 0 Å². The second-order valence-corrected chi connectivity index (χ2v) is 4.69. The highest BCUT2D eigenvalue weighted by molar-refractivity contribution is 5.57. The number of nitrogens with zero attached hydrogens (tertiary/aromatic N) is 2. The van der Waals surface area contributed by atoms with E-state index in [9.17, 15) is 15.2 Å². The number of nitro groups is 1. The van der Waals surface area contributed by atoms with Crippen LogP contribution in [0.5, 0.6) is 11.5 Å². The van der Waals surface area contributed by atoms with Gasteiger partial charge in [0, 0.05) is 17.5 Å². The lowest BCUT2D eigenvalue weighted by atomic mass is 10.1. The lowest BCUT2D eigenvalue weighted by Crippen LogP contribution is -1.98. The van der Waals surface area contributed by atoms with E-state index < -0.39 is 10.7 Å². The number of ether oxygens (including phenoxy) is 1. The largest absolute Gasteiger partial charge is 0.500 e. The molecule has 6 nitrogen and oxygen atoms in total. The zero-order valence-corrected chi connectivity index (χ0v) is 11.9. The molecule has 0 unspecified atom stereocenters. The number of aromatic nitrogens is 1. The van der Waals surface area contributed by atoms with Crippen molar-refractivity contribution in [2.75, 3.05) is 7.11 Å². The molecule has 0 saturated carbocycles. The number of phenols is 1. The summed E-state index contributed by atoms with van der Waals surface area (Å²) in [6.07, 6.45) is 1.24. The summed E-state index contributed by atoms with van der Waals surface area (Å²) in [7, 11) is 1.37. The van der Waals surface area contributed by atoms with Gasteiger partial charge >= 0.3 is 5.69 Å². The Kier molecular flexibility index (Phi) is 4.37. The zero-order valence-electron chi connectivity index (χ0n) is 11.9. The molecule has 1 aromatic heterocycles. The van der Waals surface area contributed by atoms with Crippen molar-refractivity contribution in [2.45, 2.75) is 19.8 Å². The number of hydrogen-bond donors (Lipinski definition) is 1. The monoisotopic (exact) mass is 288 g/mol. The minimum absolute atomic E-state index is 0.108. The second kappa shape index (κ2) is 6.21. The summed E-state index contributed by atoms with van der Waals surface area (Å²) >= 11 is 0. The second-order valence-electron chi connectivity index (χ2n) is 4.69. The molecule has 110 valence electrons. The van der Waals surface area contributed by atoms with E-state index >= 15 is 0 Å². The van der Waals surface area contributed by atoms with Gasteiger partial charge in [-0.15, -0.1) is 0 Å². The molecule has 0 atom stereocenters. The van der Waals surface area contributed by atoms with Crippen LogP contribution in [0.3, 0.4) is 0 Å². The molecular weight excluding hydrogens is 272 g/mol. The highest BCUT2D eigenvalue weighted by atomic mass is 16.6. The van der Waals surface area contributed by atoms with E-state index in [0.717, 1.165) is 17.0 Å². The third-order valence-electron chi connectivity index (χ3n) is 3.15. The molecule has 1 heterocycles. The number of aromatic hydroxyl groups is 1. The predicted octanol–water partition coefficient (Wildman–Crippen LogP) is 2.80. The first-order chi connectivity index (χ1) is 10.0. The van der Waals surface area contributed by atoms with Gasteiger partial charge < -0.3 is 9.84 Å². The molecular formula is C15H16N2O4. The number of aryl methyl sites for hydroxylation is 3. The highest BCUT2D eigenvalue weighted by Gasteiger charge is 2.19. The Bertz CT molecular complexity index is 671. The fourth-order valence-corrected chi connectivity index (χ4v) is 2.10. The molecule has 0 fully saturated rings. The van der Waals surface area contributed by atoms with Crippen LogP contribution in [0.15, 0.2) is 30.3 Å². The van der Waals surface area contributed by atoms with Crippen molar-refractivity contribution in [1.29, 1.82) is 0 Å². The summed E-state index contributed by atoms with van der Waals surface area (Å²) in [6.45, 7) is 1.91. The number of phenolic OH excluding ortho intramolecular Hbond substituents is 1. The highest BCUT2D eigenvalue weighted by Crippen LogP contribution is 2.37. The van der Waals surface area contributed by atoms with Gasteiger partial charge in [-0.25, -0.2) is 0 Å². The maximum atomic E-state index is 10.9. The lowest BCUT2D eigenvalue weighted by Gasteiger charge is -2.08. The Morgan fingerprint density at radius 3 is 2.71 bits per heavy atom. The van der Waals surface area contributed by atoms with Gasteiger partial charge in [0.25, 0.3) is 0 Å². The van der Waals surface area contributed by atoms with Gasteiger partial charge in [0.2, 0.25) is 5.75 Å². The van der Waals surface area contributed by atoms with Gasteiger partial charge in [0.05, 0.1) is 12.0 Å². The molecule has 0 bridgehead atoms. The lowest BCUT2D eigenvalue weighted by molar-refractivity contribution is -0.386. The quantitative estimate of drug-likeness (QED) is 0.675. The van der Waals surface area contributed by atoms with Crippen molar-refractivity contribution in [1.82, 2.24) is 4.98 Å². The molecule has 0 saturated heterocycles. The molecule has 0 aliphatic rings. The van der Waals surface area contributed by atoms with Crippen molar-refractivity contribution in [3.63, 3.8) is 0 Å². The summed E-state index contributed by atoms with van der Waals surface area (Å²) in [5.74, 6) is -0.337. The van der Waals surface area contributed by atoms with E-state index in [1.165, 1.54) is 13.2 Å². The van der Waals surface area contributed by atoms with Crippen LogP contribution < -0.4 is 4.74 Å². The fraction of sp³-hybridized carbons (Fsp3) is 0.267. The van der Waals surface area contributed by atoms with Crippen molar-refractivity contribution in [3.05, 3.63) is 57.4 Å². The average Bonchev–Trinajstić information content (AvgIpc) is 2.46. The van der Waals surface area contributed by atoms with Crippen LogP contribution in [0.4, 0.5) is 5.69 Å². The standard InChI is InChI=1S/C15H16N2O4/c1-10-4-3-5-12(16-10)7-6-11-8-13(17(19)20)15(18)14(9-11)21-2/h3-5,8-9,18H,6-7H2,1-2H3. The number of methoxy groups -OCH3 is 1. The van der Waals surface area contributed by atoms with Crippen molar-refractivity contribution in [2.24, 2.45) is 0 Å². The Labute approximate surface area is 122 Å². The topological polar surface area (TPSA) is 85.5 Å². The first kappa shape index (κ1) is 14.8. The van der Waals surface area contributed by atoms with Gasteiger partial charge in [0.1, 0.15) is 0 Å². The molecule has 21 heavy (non-hydrogen) atoms. The van der Waals surface area contributed by atoms with Gasteiger partial charge in [-0.3, -0.25) is 15.1 Å². The van der Waals surface area contributed by atoms with Crippen molar-refractivity contribution >= 4 is 5.69 Å². The van der Waals surface area contributed by atoms with Crippen LogP contribution in [-0.4, -0.2) is 22.1 Å². The first-order valence-electron chi connectivity index (χ1n) is 6.48. The average molecular weight is 288 g/mol. The smallest absolute Gasteiger partial charge is 0.314 e. The van der Waals surface area contributed by atoms with Crippen molar-refractivity contribution in [3.8, 4) is 11.5 Å². The van der Waals surface area contributed by atoms with Crippen LogP contribution in [0.2, 0.25) is 0 Å². The Balaban J connectivity index is 2.24. The molecule has 2 rings (SSSR count). The third kappa shape index (κ3) is 3.47. The van der Waals surface area contributed by atoms with Crippen LogP contribution in [0.1, 0.15) is 17.0 Å². The Morgan fingerprint density at radius 1 is 1.33 bits per heavy atom. The summed E-state index contributed by atoms with van der Waals surface area (Å²) in [5.41, 5.74) is 2.23. The molecule has 1 N–H and O–H groups in total. The molecule has 0 radical (unpaired) electrons. The normalized spacial score (nSPS) is 10.4. The van der Waals surface area contributed by atoms with E-state index in [1.807, 2.05) is 25.1 Å². The van der Waals surface area contributed by atoms with E-state index in [1.54, 1.807) is 6.07 Å². The third-order valence-corrected chi connectivity index (χ3v) is 3.15. The van der Waals surface area contributed by atoms with E-state index in [2.05, 4.69) is 4.98 Å².